The summed E-state index contributed by atoms with van der Waals surface area (Å²) in [7, 11) is 4.40. The molecule has 0 bridgehead atoms. The number of aromatic nitrogens is 4. The molecule has 0 spiro atoms. The van der Waals surface area contributed by atoms with Gasteiger partial charge in [-0.1, -0.05) is 6.07 Å². The van der Waals surface area contributed by atoms with Gasteiger partial charge in [0.05, 0.1) is 13.4 Å². The predicted octanol–water partition coefficient (Wildman–Crippen LogP) is -0.0225. The summed E-state index contributed by atoms with van der Waals surface area (Å²) < 4.78 is 8.96. The molecule has 0 saturated carbocycles. The fourth-order valence-electron chi connectivity index (χ4n) is 2.89. The fourth-order valence-corrected chi connectivity index (χ4v) is 2.89. The molecule has 0 atom stereocenters. The molecular weight excluding hydrogens is 378 g/mol. The second-order valence-electron chi connectivity index (χ2n) is 6.37. The summed E-state index contributed by atoms with van der Waals surface area (Å²) >= 11 is 0. The van der Waals surface area contributed by atoms with Crippen LogP contribution in [0.3, 0.4) is 0 Å². The Morgan fingerprint density at radius 2 is 2.03 bits per heavy atom. The van der Waals surface area contributed by atoms with Crippen LogP contribution < -0.4 is 21.3 Å². The summed E-state index contributed by atoms with van der Waals surface area (Å²) in [5.74, 6) is 0.0163. The second kappa shape index (κ2) is 8.05. The van der Waals surface area contributed by atoms with Gasteiger partial charge >= 0.3 is 5.69 Å². The predicted molar refractivity (Wildman–Crippen MR) is 107 cm³/mol. The molecule has 3 aromatic rings. The number of carbonyl (C=O) groups is 1. The van der Waals surface area contributed by atoms with E-state index in [1.807, 2.05) is 0 Å². The minimum atomic E-state index is -0.447. The van der Waals surface area contributed by atoms with Crippen molar-refractivity contribution in [3.05, 3.63) is 57.0 Å². The SMILES string of the molecule is COc1cc(C=CC(=O)NCCn2cnc3c2c(=O)n(C)c(=O)n3C)ccc1O. The molecule has 152 valence electrons. The van der Waals surface area contributed by atoms with Gasteiger partial charge in [-0.25, -0.2) is 9.78 Å². The van der Waals surface area contributed by atoms with Crippen LogP contribution in [-0.4, -0.2) is 43.4 Å². The first-order valence-electron chi connectivity index (χ1n) is 8.77. The number of nitrogens with zero attached hydrogens (tertiary/aromatic N) is 4. The molecule has 2 heterocycles. The van der Waals surface area contributed by atoms with Crippen LogP contribution in [0.25, 0.3) is 17.2 Å². The number of methoxy groups -OCH3 is 1. The molecule has 0 fully saturated rings. The molecule has 3 rings (SSSR count). The molecule has 10 heteroatoms. The Morgan fingerprint density at radius 3 is 2.76 bits per heavy atom. The largest absolute Gasteiger partial charge is 0.504 e. The van der Waals surface area contributed by atoms with Crippen LogP contribution in [-0.2, 0) is 25.4 Å². The van der Waals surface area contributed by atoms with Crippen LogP contribution in [0.5, 0.6) is 11.5 Å². The van der Waals surface area contributed by atoms with E-state index in [1.165, 1.54) is 37.2 Å². The van der Waals surface area contributed by atoms with Crippen molar-refractivity contribution in [2.75, 3.05) is 13.7 Å². The van der Waals surface area contributed by atoms with E-state index in [9.17, 15) is 19.5 Å². The lowest BCUT2D eigenvalue weighted by Gasteiger charge is -2.07. The standard InChI is InChI=1S/C19H21N5O5/c1-22-17-16(18(27)23(2)19(22)28)24(11-21-17)9-8-20-15(26)7-5-12-4-6-13(25)14(10-12)29-3/h4-7,10-11,25H,8-9H2,1-3H3,(H,20,26). The summed E-state index contributed by atoms with van der Waals surface area (Å²) in [5.41, 5.74) is 0.408. The maximum absolute atomic E-state index is 12.4. The number of carbonyl (C=O) groups excluding carboxylic acids is 1. The number of amides is 1. The van der Waals surface area contributed by atoms with Crippen molar-refractivity contribution in [3.8, 4) is 11.5 Å². The Balaban J connectivity index is 1.67. The van der Waals surface area contributed by atoms with Crippen LogP contribution in [0.4, 0.5) is 0 Å². The third-order valence-corrected chi connectivity index (χ3v) is 4.50. The van der Waals surface area contributed by atoms with E-state index in [-0.39, 0.29) is 18.2 Å². The number of rotatable bonds is 6. The Hall–Kier alpha value is -3.82. The van der Waals surface area contributed by atoms with E-state index >= 15 is 0 Å². The van der Waals surface area contributed by atoms with Crippen molar-refractivity contribution >= 4 is 23.1 Å². The first-order chi connectivity index (χ1) is 13.8. The number of benzene rings is 1. The first kappa shape index (κ1) is 19.9. The highest BCUT2D eigenvalue weighted by Gasteiger charge is 2.14. The third-order valence-electron chi connectivity index (χ3n) is 4.50. The van der Waals surface area contributed by atoms with Gasteiger partial charge in [0, 0.05) is 33.3 Å². The van der Waals surface area contributed by atoms with Crippen molar-refractivity contribution in [2.45, 2.75) is 6.54 Å². The molecule has 2 aromatic heterocycles. The average Bonchev–Trinajstić information content (AvgIpc) is 3.14. The van der Waals surface area contributed by atoms with Gasteiger partial charge in [-0.2, -0.15) is 0 Å². The Bertz CT molecular complexity index is 1220. The summed E-state index contributed by atoms with van der Waals surface area (Å²) in [5, 5.41) is 12.3. The Morgan fingerprint density at radius 1 is 1.28 bits per heavy atom. The fraction of sp³-hybridized carbons (Fsp3) is 0.263. The zero-order valence-corrected chi connectivity index (χ0v) is 16.2. The van der Waals surface area contributed by atoms with Crippen molar-refractivity contribution in [3.63, 3.8) is 0 Å². The topological polar surface area (TPSA) is 120 Å². The molecule has 1 aromatic carbocycles. The van der Waals surface area contributed by atoms with Crippen molar-refractivity contribution in [2.24, 2.45) is 14.1 Å². The first-order valence-corrected chi connectivity index (χ1v) is 8.77. The average molecular weight is 399 g/mol. The second-order valence-corrected chi connectivity index (χ2v) is 6.37. The van der Waals surface area contributed by atoms with Crippen molar-refractivity contribution in [1.82, 2.24) is 24.0 Å². The normalized spacial score (nSPS) is 11.3. The highest BCUT2D eigenvalue weighted by Crippen LogP contribution is 2.26. The molecule has 1 amide bonds. The number of hydrogen-bond acceptors (Lipinski definition) is 6. The van der Waals surface area contributed by atoms with Gasteiger partial charge in [-0.3, -0.25) is 18.7 Å². The number of nitrogens with one attached hydrogen (secondary N) is 1. The molecule has 2 N–H and O–H groups in total. The Labute approximate surface area is 165 Å². The number of ether oxygens (including phenoxy) is 1. The molecule has 0 radical (unpaired) electrons. The van der Waals surface area contributed by atoms with Gasteiger partial charge < -0.3 is 19.7 Å². The number of fused-ring (bicyclic) bond motifs is 1. The maximum atomic E-state index is 12.4. The minimum Gasteiger partial charge on any atom is -0.504 e. The van der Waals surface area contributed by atoms with Crippen molar-refractivity contribution < 1.29 is 14.6 Å². The summed E-state index contributed by atoms with van der Waals surface area (Å²) in [6.45, 7) is 0.579. The lowest BCUT2D eigenvalue weighted by Crippen LogP contribution is -2.37. The van der Waals surface area contributed by atoms with E-state index in [2.05, 4.69) is 10.3 Å². The zero-order valence-electron chi connectivity index (χ0n) is 16.2. The van der Waals surface area contributed by atoms with Gasteiger partial charge in [-0.05, 0) is 23.8 Å². The number of hydrogen-bond donors (Lipinski definition) is 2. The van der Waals surface area contributed by atoms with Gasteiger partial charge in [-0.15, -0.1) is 0 Å². The van der Waals surface area contributed by atoms with E-state index in [1.54, 1.807) is 29.8 Å². The molecule has 10 nitrogen and oxygen atoms in total. The van der Waals surface area contributed by atoms with Gasteiger partial charge in [0.2, 0.25) is 5.91 Å². The smallest absolute Gasteiger partial charge is 0.332 e. The highest BCUT2D eigenvalue weighted by atomic mass is 16.5. The highest BCUT2D eigenvalue weighted by molar-refractivity contribution is 5.91. The van der Waals surface area contributed by atoms with Crippen LogP contribution in [0, 0.1) is 0 Å². The van der Waals surface area contributed by atoms with Gasteiger partial charge in [0.15, 0.2) is 22.7 Å². The molecule has 0 aliphatic carbocycles. The monoisotopic (exact) mass is 399 g/mol. The lowest BCUT2D eigenvalue weighted by molar-refractivity contribution is -0.116. The number of aryl methyl sites for hydroxylation is 1. The molecule has 0 aliphatic rings. The third kappa shape index (κ3) is 3.91. The van der Waals surface area contributed by atoms with E-state index in [0.717, 1.165) is 4.57 Å². The van der Waals surface area contributed by atoms with Crippen LogP contribution in [0.15, 0.2) is 40.2 Å². The number of aromatic hydroxyl groups is 1. The van der Waals surface area contributed by atoms with Crippen LogP contribution >= 0.6 is 0 Å². The lowest BCUT2D eigenvalue weighted by atomic mass is 10.2. The van der Waals surface area contributed by atoms with Crippen molar-refractivity contribution in [1.29, 1.82) is 0 Å². The summed E-state index contributed by atoms with van der Waals surface area (Å²) in [6.07, 6.45) is 4.42. The Kier molecular flexibility index (Phi) is 5.53. The number of phenolic OH excluding ortho intramolecular Hbond substituents is 1. The zero-order chi connectivity index (χ0) is 21.1. The van der Waals surface area contributed by atoms with E-state index < -0.39 is 11.2 Å². The van der Waals surface area contributed by atoms with E-state index in [0.29, 0.717) is 29.0 Å². The summed E-state index contributed by atoms with van der Waals surface area (Å²) in [4.78, 5) is 40.5. The van der Waals surface area contributed by atoms with E-state index in [4.69, 9.17) is 4.74 Å². The maximum Gasteiger partial charge on any atom is 0.332 e. The quantitative estimate of drug-likeness (QED) is 0.562. The molecule has 29 heavy (non-hydrogen) atoms. The molecule has 0 aliphatic heterocycles. The minimum absolute atomic E-state index is 0.0188. The molecule has 0 unspecified atom stereocenters. The van der Waals surface area contributed by atoms with Crippen LogP contribution in [0.1, 0.15) is 5.56 Å². The number of imidazole rings is 1. The van der Waals surface area contributed by atoms with Gasteiger partial charge in [0.25, 0.3) is 5.56 Å². The molecule has 0 saturated heterocycles. The van der Waals surface area contributed by atoms with Crippen LogP contribution in [0.2, 0.25) is 0 Å². The number of phenols is 1. The molecular formula is C19H21N5O5. The summed E-state index contributed by atoms with van der Waals surface area (Å²) in [6, 6.07) is 4.74. The van der Waals surface area contributed by atoms with Gasteiger partial charge in [0.1, 0.15) is 0 Å².